The van der Waals surface area contributed by atoms with E-state index in [1.165, 1.54) is 19.3 Å². The molecule has 1 saturated heterocycles. The van der Waals surface area contributed by atoms with Gasteiger partial charge in [0.2, 0.25) is 17.7 Å². The number of rotatable bonds is 3. The molecule has 2 aliphatic rings. The number of nitrogens with one attached hydrogen (secondary N) is 1. The third-order valence-corrected chi connectivity index (χ3v) is 4.24. The Balaban J connectivity index is 1.63. The first-order valence-corrected chi connectivity index (χ1v) is 7.68. The molecule has 0 bridgehead atoms. The summed E-state index contributed by atoms with van der Waals surface area (Å²) in [7, 11) is 0. The van der Waals surface area contributed by atoms with E-state index < -0.39 is 0 Å². The fourth-order valence-electron chi connectivity index (χ4n) is 3.03. The molecule has 3 rings (SSSR count). The molecule has 1 aromatic rings. The number of hydrogen-bond acceptors (Lipinski definition) is 4. The number of nitrogens with zero attached hydrogens (tertiary/aromatic N) is 1. The Morgan fingerprint density at radius 3 is 2.57 bits per heavy atom. The van der Waals surface area contributed by atoms with E-state index in [1.54, 1.807) is 6.20 Å². The SMILES string of the molecule is O=C1CCC(c2ccc(OC3CCCCC3)nc2)C(=O)N1. The molecule has 0 spiro atoms. The number of pyridine rings is 1. The van der Waals surface area contributed by atoms with Gasteiger partial charge in [0.15, 0.2) is 0 Å². The largest absolute Gasteiger partial charge is 0.474 e. The average molecular weight is 288 g/mol. The van der Waals surface area contributed by atoms with Crippen LogP contribution in [0.2, 0.25) is 0 Å². The minimum atomic E-state index is -0.279. The molecule has 1 N–H and O–H groups in total. The van der Waals surface area contributed by atoms with Crippen LogP contribution in [0.15, 0.2) is 18.3 Å². The van der Waals surface area contributed by atoms with E-state index in [2.05, 4.69) is 10.3 Å². The summed E-state index contributed by atoms with van der Waals surface area (Å²) in [6, 6.07) is 3.71. The van der Waals surface area contributed by atoms with Gasteiger partial charge in [0.25, 0.3) is 0 Å². The lowest BCUT2D eigenvalue weighted by Gasteiger charge is -2.23. The Hall–Kier alpha value is -1.91. The molecule has 21 heavy (non-hydrogen) atoms. The summed E-state index contributed by atoms with van der Waals surface area (Å²) in [5.74, 6) is -0.0765. The summed E-state index contributed by atoms with van der Waals surface area (Å²) < 4.78 is 5.88. The summed E-state index contributed by atoms with van der Waals surface area (Å²) in [4.78, 5) is 27.3. The fraction of sp³-hybridized carbons (Fsp3) is 0.562. The van der Waals surface area contributed by atoms with Gasteiger partial charge in [0.1, 0.15) is 6.10 Å². The number of aromatic nitrogens is 1. The Kier molecular flexibility index (Phi) is 4.18. The van der Waals surface area contributed by atoms with Crippen molar-refractivity contribution in [2.75, 3.05) is 0 Å². The van der Waals surface area contributed by atoms with E-state index in [1.807, 2.05) is 12.1 Å². The predicted octanol–water partition coefficient (Wildman–Crippen LogP) is 2.31. The molecule has 0 radical (unpaired) electrons. The van der Waals surface area contributed by atoms with Gasteiger partial charge in [-0.05, 0) is 37.7 Å². The standard InChI is InChI=1S/C16H20N2O3/c19-14-8-7-13(16(20)18-14)11-6-9-15(17-10-11)21-12-4-2-1-3-5-12/h6,9-10,12-13H,1-5,7-8H2,(H,18,19,20). The first-order valence-electron chi connectivity index (χ1n) is 7.68. The van der Waals surface area contributed by atoms with Crippen molar-refractivity contribution in [2.24, 2.45) is 0 Å². The lowest BCUT2D eigenvalue weighted by Crippen LogP contribution is -2.39. The quantitative estimate of drug-likeness (QED) is 0.867. The maximum absolute atomic E-state index is 11.8. The average Bonchev–Trinajstić information content (AvgIpc) is 2.49. The van der Waals surface area contributed by atoms with Crippen LogP contribution < -0.4 is 10.1 Å². The zero-order valence-corrected chi connectivity index (χ0v) is 12.0. The van der Waals surface area contributed by atoms with Gasteiger partial charge in [0.05, 0.1) is 5.92 Å². The van der Waals surface area contributed by atoms with Gasteiger partial charge >= 0.3 is 0 Å². The number of ether oxygens (including phenoxy) is 1. The van der Waals surface area contributed by atoms with E-state index in [-0.39, 0.29) is 23.8 Å². The highest BCUT2D eigenvalue weighted by Crippen LogP contribution is 2.26. The molecule has 1 aliphatic heterocycles. The summed E-state index contributed by atoms with van der Waals surface area (Å²) in [6.45, 7) is 0. The minimum absolute atomic E-state index is 0.193. The zero-order valence-electron chi connectivity index (χ0n) is 12.0. The monoisotopic (exact) mass is 288 g/mol. The molecule has 5 heteroatoms. The Morgan fingerprint density at radius 2 is 1.90 bits per heavy atom. The Labute approximate surface area is 124 Å². The molecule has 0 aromatic carbocycles. The van der Waals surface area contributed by atoms with Crippen LogP contribution in [0.5, 0.6) is 5.88 Å². The number of hydrogen-bond donors (Lipinski definition) is 1. The number of imide groups is 1. The smallest absolute Gasteiger partial charge is 0.234 e. The van der Waals surface area contributed by atoms with Crippen LogP contribution in [-0.2, 0) is 9.59 Å². The van der Waals surface area contributed by atoms with Gasteiger partial charge < -0.3 is 4.74 Å². The molecule has 112 valence electrons. The molecule has 1 aliphatic carbocycles. The maximum Gasteiger partial charge on any atom is 0.234 e. The highest BCUT2D eigenvalue weighted by atomic mass is 16.5. The van der Waals surface area contributed by atoms with Crippen LogP contribution in [0.1, 0.15) is 56.4 Å². The molecule has 1 saturated carbocycles. The van der Waals surface area contributed by atoms with Crippen LogP contribution >= 0.6 is 0 Å². The van der Waals surface area contributed by atoms with Crippen molar-refractivity contribution in [1.82, 2.24) is 10.3 Å². The number of carbonyl (C=O) groups excluding carboxylic acids is 2. The van der Waals surface area contributed by atoms with Crippen molar-refractivity contribution in [2.45, 2.75) is 57.0 Å². The maximum atomic E-state index is 11.8. The molecule has 2 fully saturated rings. The number of carbonyl (C=O) groups is 2. The molecule has 2 amide bonds. The number of amides is 2. The molecule has 2 heterocycles. The second kappa shape index (κ2) is 6.24. The van der Waals surface area contributed by atoms with Crippen LogP contribution in [0.4, 0.5) is 0 Å². The molecule has 1 unspecified atom stereocenters. The van der Waals surface area contributed by atoms with Crippen LogP contribution in [0, 0.1) is 0 Å². The molecule has 5 nitrogen and oxygen atoms in total. The van der Waals surface area contributed by atoms with Gasteiger partial charge in [-0.25, -0.2) is 4.98 Å². The van der Waals surface area contributed by atoms with E-state index in [0.717, 1.165) is 18.4 Å². The van der Waals surface area contributed by atoms with Gasteiger partial charge in [-0.2, -0.15) is 0 Å². The first kappa shape index (κ1) is 14.0. The topological polar surface area (TPSA) is 68.3 Å². The van der Waals surface area contributed by atoms with Crippen molar-refractivity contribution in [3.8, 4) is 5.88 Å². The number of piperidine rings is 1. The Bertz CT molecular complexity index is 521. The predicted molar refractivity (Wildman–Crippen MR) is 76.9 cm³/mol. The van der Waals surface area contributed by atoms with E-state index in [0.29, 0.717) is 18.7 Å². The van der Waals surface area contributed by atoms with E-state index in [4.69, 9.17) is 4.74 Å². The molecule has 1 atom stereocenters. The van der Waals surface area contributed by atoms with E-state index >= 15 is 0 Å². The lowest BCUT2D eigenvalue weighted by atomic mass is 9.92. The van der Waals surface area contributed by atoms with Gasteiger partial charge in [0, 0.05) is 18.7 Å². The lowest BCUT2D eigenvalue weighted by molar-refractivity contribution is -0.134. The van der Waals surface area contributed by atoms with Gasteiger partial charge in [-0.1, -0.05) is 12.5 Å². The highest BCUT2D eigenvalue weighted by Gasteiger charge is 2.28. The van der Waals surface area contributed by atoms with Crippen molar-refractivity contribution in [3.63, 3.8) is 0 Å². The normalized spacial score (nSPS) is 23.7. The van der Waals surface area contributed by atoms with E-state index in [9.17, 15) is 9.59 Å². The van der Waals surface area contributed by atoms with Crippen molar-refractivity contribution in [1.29, 1.82) is 0 Å². The molecular formula is C16H20N2O3. The second-order valence-electron chi connectivity index (χ2n) is 5.81. The Morgan fingerprint density at radius 1 is 1.10 bits per heavy atom. The van der Waals surface area contributed by atoms with Gasteiger partial charge in [-0.3, -0.25) is 14.9 Å². The van der Waals surface area contributed by atoms with Crippen molar-refractivity contribution >= 4 is 11.8 Å². The van der Waals surface area contributed by atoms with Crippen molar-refractivity contribution < 1.29 is 14.3 Å². The summed E-state index contributed by atoms with van der Waals surface area (Å²) >= 11 is 0. The van der Waals surface area contributed by atoms with Crippen LogP contribution in [-0.4, -0.2) is 22.9 Å². The summed E-state index contributed by atoms with van der Waals surface area (Å²) in [5, 5.41) is 2.37. The van der Waals surface area contributed by atoms with Crippen LogP contribution in [0.3, 0.4) is 0 Å². The fourth-order valence-corrected chi connectivity index (χ4v) is 3.03. The zero-order chi connectivity index (χ0) is 14.7. The third-order valence-electron chi connectivity index (χ3n) is 4.24. The molecule has 1 aromatic heterocycles. The molecular weight excluding hydrogens is 268 g/mol. The second-order valence-corrected chi connectivity index (χ2v) is 5.81. The summed E-state index contributed by atoms with van der Waals surface area (Å²) in [5.41, 5.74) is 0.844. The highest BCUT2D eigenvalue weighted by molar-refractivity contribution is 6.00. The minimum Gasteiger partial charge on any atom is -0.474 e. The third kappa shape index (κ3) is 3.40. The van der Waals surface area contributed by atoms with Crippen molar-refractivity contribution in [3.05, 3.63) is 23.9 Å². The van der Waals surface area contributed by atoms with Crippen LogP contribution in [0.25, 0.3) is 0 Å². The van der Waals surface area contributed by atoms with Gasteiger partial charge in [-0.15, -0.1) is 0 Å². The first-order chi connectivity index (χ1) is 10.2. The summed E-state index contributed by atoms with van der Waals surface area (Å²) in [6.07, 6.45) is 8.82.